The summed E-state index contributed by atoms with van der Waals surface area (Å²) in [5.41, 5.74) is 4.11. The number of para-hydroxylation sites is 1. The van der Waals surface area contributed by atoms with Gasteiger partial charge in [0.1, 0.15) is 0 Å². The monoisotopic (exact) mass is 264 g/mol. The molecule has 20 heavy (non-hydrogen) atoms. The highest BCUT2D eigenvalue weighted by molar-refractivity contribution is 5.81. The first-order valence-corrected chi connectivity index (χ1v) is 6.63. The van der Waals surface area contributed by atoms with Crippen LogP contribution < -0.4 is 5.32 Å². The Balaban J connectivity index is 1.83. The predicted octanol–water partition coefficient (Wildman–Crippen LogP) is 3.34. The molecule has 3 heteroatoms. The van der Waals surface area contributed by atoms with Crippen LogP contribution in [0.5, 0.6) is 0 Å². The summed E-state index contributed by atoms with van der Waals surface area (Å²) in [6, 6.07) is 18.0. The van der Waals surface area contributed by atoms with E-state index in [9.17, 15) is 0 Å². The number of benzene rings is 2. The van der Waals surface area contributed by atoms with Gasteiger partial charge in [-0.05, 0) is 29.3 Å². The fourth-order valence-corrected chi connectivity index (χ4v) is 2.29. The van der Waals surface area contributed by atoms with E-state index in [1.54, 1.807) is 0 Å². The predicted molar refractivity (Wildman–Crippen MR) is 81.4 cm³/mol. The SMILES string of the molecule is OCc1cccc(NCc2cccc3cccnc23)c1. The van der Waals surface area contributed by atoms with Crippen molar-refractivity contribution in [3.63, 3.8) is 0 Å². The third-order valence-corrected chi connectivity index (χ3v) is 3.31. The Morgan fingerprint density at radius 1 is 1.00 bits per heavy atom. The summed E-state index contributed by atoms with van der Waals surface area (Å²) in [6.45, 7) is 0.772. The molecule has 0 radical (unpaired) electrons. The average molecular weight is 264 g/mol. The molecular weight excluding hydrogens is 248 g/mol. The number of hydrogen-bond donors (Lipinski definition) is 2. The molecule has 0 aliphatic rings. The maximum absolute atomic E-state index is 9.15. The number of nitrogens with zero attached hydrogens (tertiary/aromatic N) is 1. The quantitative estimate of drug-likeness (QED) is 0.759. The van der Waals surface area contributed by atoms with Gasteiger partial charge in [0.2, 0.25) is 0 Å². The average Bonchev–Trinajstić information content (AvgIpc) is 2.53. The lowest BCUT2D eigenvalue weighted by atomic mass is 10.1. The number of anilines is 1. The first kappa shape index (κ1) is 12.6. The normalized spacial score (nSPS) is 10.7. The lowest BCUT2D eigenvalue weighted by Crippen LogP contribution is -2.01. The highest BCUT2D eigenvalue weighted by Gasteiger charge is 2.02. The fourth-order valence-electron chi connectivity index (χ4n) is 2.29. The van der Waals surface area contributed by atoms with E-state index in [0.29, 0.717) is 6.54 Å². The van der Waals surface area contributed by atoms with Crippen LogP contribution in [-0.4, -0.2) is 10.1 Å². The van der Waals surface area contributed by atoms with Crippen LogP contribution in [0.1, 0.15) is 11.1 Å². The van der Waals surface area contributed by atoms with Crippen molar-refractivity contribution in [3.05, 3.63) is 71.9 Å². The van der Waals surface area contributed by atoms with Crippen molar-refractivity contribution >= 4 is 16.6 Å². The Morgan fingerprint density at radius 3 is 2.75 bits per heavy atom. The summed E-state index contributed by atoms with van der Waals surface area (Å²) < 4.78 is 0. The zero-order valence-electron chi connectivity index (χ0n) is 11.1. The van der Waals surface area contributed by atoms with Gasteiger partial charge >= 0.3 is 0 Å². The van der Waals surface area contributed by atoms with Gasteiger partial charge in [0, 0.05) is 23.8 Å². The van der Waals surface area contributed by atoms with Crippen molar-refractivity contribution in [1.82, 2.24) is 4.98 Å². The van der Waals surface area contributed by atoms with Crippen molar-refractivity contribution < 1.29 is 5.11 Å². The van der Waals surface area contributed by atoms with Gasteiger partial charge in [-0.1, -0.05) is 36.4 Å². The van der Waals surface area contributed by atoms with Crippen molar-refractivity contribution in [2.75, 3.05) is 5.32 Å². The second-order valence-electron chi connectivity index (χ2n) is 4.70. The van der Waals surface area contributed by atoms with Gasteiger partial charge in [0.05, 0.1) is 12.1 Å². The number of rotatable bonds is 4. The van der Waals surface area contributed by atoms with Crippen LogP contribution in [0.2, 0.25) is 0 Å². The Morgan fingerprint density at radius 2 is 1.85 bits per heavy atom. The van der Waals surface area contributed by atoms with Crippen molar-refractivity contribution in [2.45, 2.75) is 13.2 Å². The van der Waals surface area contributed by atoms with E-state index in [-0.39, 0.29) is 6.61 Å². The molecule has 100 valence electrons. The highest BCUT2D eigenvalue weighted by atomic mass is 16.3. The number of aromatic nitrogens is 1. The summed E-state index contributed by atoms with van der Waals surface area (Å²) in [7, 11) is 0. The van der Waals surface area contributed by atoms with Crippen molar-refractivity contribution in [2.24, 2.45) is 0 Å². The van der Waals surface area contributed by atoms with Crippen LogP contribution in [0, 0.1) is 0 Å². The molecule has 2 aromatic carbocycles. The Kier molecular flexibility index (Phi) is 3.61. The van der Waals surface area contributed by atoms with E-state index in [0.717, 1.165) is 27.7 Å². The number of nitrogens with one attached hydrogen (secondary N) is 1. The van der Waals surface area contributed by atoms with E-state index in [4.69, 9.17) is 5.11 Å². The molecule has 2 N–H and O–H groups in total. The third-order valence-electron chi connectivity index (χ3n) is 3.31. The van der Waals surface area contributed by atoms with Gasteiger partial charge in [0.15, 0.2) is 0 Å². The van der Waals surface area contributed by atoms with Gasteiger partial charge in [0.25, 0.3) is 0 Å². The number of fused-ring (bicyclic) bond motifs is 1. The minimum atomic E-state index is 0.0609. The summed E-state index contributed by atoms with van der Waals surface area (Å²) >= 11 is 0. The second-order valence-corrected chi connectivity index (χ2v) is 4.70. The fraction of sp³-hybridized carbons (Fsp3) is 0.118. The summed E-state index contributed by atoms with van der Waals surface area (Å²) in [5.74, 6) is 0. The van der Waals surface area contributed by atoms with Crippen molar-refractivity contribution in [3.8, 4) is 0 Å². The van der Waals surface area contributed by atoms with Crippen LogP contribution >= 0.6 is 0 Å². The minimum absolute atomic E-state index is 0.0609. The number of aliphatic hydroxyl groups excluding tert-OH is 1. The van der Waals surface area contributed by atoms with Crippen molar-refractivity contribution in [1.29, 1.82) is 0 Å². The van der Waals surface area contributed by atoms with Gasteiger partial charge in [-0.2, -0.15) is 0 Å². The van der Waals surface area contributed by atoms with E-state index >= 15 is 0 Å². The highest BCUT2D eigenvalue weighted by Crippen LogP contribution is 2.18. The molecule has 1 aromatic heterocycles. The molecule has 0 bridgehead atoms. The molecule has 3 nitrogen and oxygen atoms in total. The molecule has 0 saturated heterocycles. The maximum Gasteiger partial charge on any atom is 0.0751 e. The molecule has 0 amide bonds. The van der Waals surface area contributed by atoms with E-state index in [2.05, 4.69) is 28.5 Å². The smallest absolute Gasteiger partial charge is 0.0751 e. The van der Waals surface area contributed by atoms with Gasteiger partial charge in [-0.3, -0.25) is 4.98 Å². The molecular formula is C17H16N2O. The molecule has 0 spiro atoms. The number of hydrogen-bond acceptors (Lipinski definition) is 3. The first-order chi connectivity index (χ1) is 9.86. The van der Waals surface area contributed by atoms with Crippen LogP contribution in [0.15, 0.2) is 60.8 Å². The number of aliphatic hydroxyl groups is 1. The minimum Gasteiger partial charge on any atom is -0.392 e. The summed E-state index contributed by atoms with van der Waals surface area (Å²) in [5, 5.41) is 13.7. The van der Waals surface area contributed by atoms with Gasteiger partial charge in [-0.15, -0.1) is 0 Å². The van der Waals surface area contributed by atoms with Crippen LogP contribution in [0.4, 0.5) is 5.69 Å². The topological polar surface area (TPSA) is 45.1 Å². The Hall–Kier alpha value is -2.39. The van der Waals surface area contributed by atoms with Crippen LogP contribution in [0.25, 0.3) is 10.9 Å². The zero-order valence-corrected chi connectivity index (χ0v) is 11.1. The second kappa shape index (κ2) is 5.72. The van der Waals surface area contributed by atoms with E-state index in [1.807, 2.05) is 42.6 Å². The third kappa shape index (κ3) is 2.63. The summed E-state index contributed by atoms with van der Waals surface area (Å²) in [6.07, 6.45) is 1.82. The number of pyridine rings is 1. The molecule has 0 unspecified atom stereocenters. The van der Waals surface area contributed by atoms with Crippen LogP contribution in [-0.2, 0) is 13.2 Å². The molecule has 0 aliphatic heterocycles. The van der Waals surface area contributed by atoms with E-state index < -0.39 is 0 Å². The molecule has 0 aliphatic carbocycles. The largest absolute Gasteiger partial charge is 0.392 e. The Labute approximate surface area is 117 Å². The zero-order chi connectivity index (χ0) is 13.8. The molecule has 0 atom stereocenters. The molecule has 3 rings (SSSR count). The lowest BCUT2D eigenvalue weighted by Gasteiger charge is -2.09. The molecule has 1 heterocycles. The first-order valence-electron chi connectivity index (χ1n) is 6.63. The standard InChI is InChI=1S/C17H16N2O/c20-12-13-4-1-8-16(10-13)19-11-15-6-2-5-14-7-3-9-18-17(14)15/h1-10,19-20H,11-12H2. The molecule has 3 aromatic rings. The van der Waals surface area contributed by atoms with Crippen LogP contribution in [0.3, 0.4) is 0 Å². The summed E-state index contributed by atoms with van der Waals surface area (Å²) in [4.78, 5) is 4.45. The van der Waals surface area contributed by atoms with Gasteiger partial charge < -0.3 is 10.4 Å². The molecule has 0 fully saturated rings. The Bertz CT molecular complexity index is 720. The van der Waals surface area contributed by atoms with E-state index in [1.165, 1.54) is 0 Å². The van der Waals surface area contributed by atoms with Gasteiger partial charge in [-0.25, -0.2) is 0 Å². The maximum atomic E-state index is 9.15. The lowest BCUT2D eigenvalue weighted by molar-refractivity contribution is 0.282. The molecule has 0 saturated carbocycles.